The summed E-state index contributed by atoms with van der Waals surface area (Å²) in [6.07, 6.45) is 5.45. The fourth-order valence-corrected chi connectivity index (χ4v) is 2.14. The van der Waals surface area contributed by atoms with Crippen LogP contribution in [0.4, 0.5) is 0 Å². The lowest BCUT2D eigenvalue weighted by Gasteiger charge is -2.11. The van der Waals surface area contributed by atoms with Gasteiger partial charge in [0.05, 0.1) is 0 Å². The molecule has 104 valence electrons. The number of aliphatic imine (C=N–C) groups is 1. The monoisotopic (exact) mass is 279 g/mol. The summed E-state index contributed by atoms with van der Waals surface area (Å²) in [6.45, 7) is 1.76. The minimum atomic E-state index is 0.763. The predicted octanol–water partition coefficient (Wildman–Crippen LogP) is 3.20. The van der Waals surface area contributed by atoms with Crippen LogP contribution in [0.25, 0.3) is 0 Å². The van der Waals surface area contributed by atoms with Crippen molar-refractivity contribution in [3.63, 3.8) is 0 Å². The van der Waals surface area contributed by atoms with Gasteiger partial charge >= 0.3 is 0 Å². The van der Waals surface area contributed by atoms with E-state index in [0.717, 1.165) is 30.0 Å². The average molecular weight is 280 g/mol. The highest BCUT2D eigenvalue weighted by Crippen LogP contribution is 2.33. The molecule has 0 radical (unpaired) electrons. The van der Waals surface area contributed by atoms with Crippen molar-refractivity contribution in [2.45, 2.75) is 32.2 Å². The van der Waals surface area contributed by atoms with Gasteiger partial charge < -0.3 is 10.6 Å². The molecule has 1 aromatic carbocycles. The lowest BCUT2D eigenvalue weighted by atomic mass is 10.2. The third-order valence-corrected chi connectivity index (χ3v) is 3.63. The maximum Gasteiger partial charge on any atom is 0.191 e. The minimum absolute atomic E-state index is 0.763. The quantitative estimate of drug-likeness (QED) is 0.477. The van der Waals surface area contributed by atoms with Gasteiger partial charge in [0.1, 0.15) is 0 Å². The fourth-order valence-electron chi connectivity index (χ4n) is 2.01. The molecule has 1 aromatic rings. The van der Waals surface area contributed by atoms with E-state index in [9.17, 15) is 0 Å². The van der Waals surface area contributed by atoms with Gasteiger partial charge in [-0.1, -0.05) is 36.6 Å². The third-order valence-electron chi connectivity index (χ3n) is 3.38. The molecule has 1 saturated carbocycles. The van der Waals surface area contributed by atoms with E-state index in [4.69, 9.17) is 11.6 Å². The molecule has 0 heterocycles. The second-order valence-electron chi connectivity index (χ2n) is 5.06. The Morgan fingerprint density at radius 2 is 2.00 bits per heavy atom. The van der Waals surface area contributed by atoms with Gasteiger partial charge in [0.2, 0.25) is 0 Å². The first kappa shape index (κ1) is 14.2. The molecule has 0 spiro atoms. The van der Waals surface area contributed by atoms with Crippen LogP contribution in [0.15, 0.2) is 29.3 Å². The van der Waals surface area contributed by atoms with Gasteiger partial charge in [-0.05, 0) is 36.5 Å². The molecule has 1 aliphatic rings. The molecular formula is C15H22ClN3. The summed E-state index contributed by atoms with van der Waals surface area (Å²) in [7, 11) is 1.80. The lowest BCUT2D eigenvalue weighted by molar-refractivity contribution is 0.644. The van der Waals surface area contributed by atoms with Gasteiger partial charge in [-0.2, -0.15) is 0 Å². The highest BCUT2D eigenvalue weighted by Gasteiger charge is 2.19. The zero-order chi connectivity index (χ0) is 13.5. The van der Waals surface area contributed by atoms with Crippen LogP contribution in [0.5, 0.6) is 0 Å². The van der Waals surface area contributed by atoms with Gasteiger partial charge in [-0.3, -0.25) is 4.99 Å². The van der Waals surface area contributed by atoms with Crippen molar-refractivity contribution >= 4 is 17.6 Å². The summed E-state index contributed by atoms with van der Waals surface area (Å²) < 4.78 is 0. The van der Waals surface area contributed by atoms with Crippen LogP contribution in [0.3, 0.4) is 0 Å². The Morgan fingerprint density at radius 1 is 1.26 bits per heavy atom. The van der Waals surface area contributed by atoms with E-state index in [1.807, 2.05) is 24.3 Å². The molecule has 0 atom stereocenters. The van der Waals surface area contributed by atoms with Crippen LogP contribution < -0.4 is 10.6 Å². The maximum absolute atomic E-state index is 5.86. The van der Waals surface area contributed by atoms with E-state index in [2.05, 4.69) is 15.6 Å². The lowest BCUT2D eigenvalue weighted by Crippen LogP contribution is -2.37. The summed E-state index contributed by atoms with van der Waals surface area (Å²) in [4.78, 5) is 4.22. The molecule has 0 bridgehead atoms. The summed E-state index contributed by atoms with van der Waals surface area (Å²) in [5.74, 6) is 1.87. The topological polar surface area (TPSA) is 36.4 Å². The molecule has 2 rings (SSSR count). The number of rotatable bonds is 6. The number of hydrogen-bond donors (Lipinski definition) is 2. The molecule has 0 aromatic heterocycles. The molecule has 4 heteroatoms. The van der Waals surface area contributed by atoms with Crippen LogP contribution >= 0.6 is 11.6 Å². The fraction of sp³-hybridized carbons (Fsp3) is 0.533. The Kier molecular flexibility index (Phi) is 5.52. The molecule has 0 aliphatic heterocycles. The number of halogens is 1. The molecule has 3 nitrogen and oxygen atoms in total. The highest BCUT2D eigenvalue weighted by molar-refractivity contribution is 6.30. The smallest absolute Gasteiger partial charge is 0.191 e. The largest absolute Gasteiger partial charge is 0.356 e. The van der Waals surface area contributed by atoms with Gasteiger partial charge in [0, 0.05) is 25.2 Å². The van der Waals surface area contributed by atoms with Gasteiger partial charge in [0.15, 0.2) is 5.96 Å². The second-order valence-corrected chi connectivity index (χ2v) is 5.50. The van der Waals surface area contributed by atoms with Crippen molar-refractivity contribution in [3.8, 4) is 0 Å². The van der Waals surface area contributed by atoms with E-state index < -0.39 is 0 Å². The zero-order valence-electron chi connectivity index (χ0n) is 11.5. The maximum atomic E-state index is 5.86. The minimum Gasteiger partial charge on any atom is -0.356 e. The standard InChI is InChI=1S/C15H22ClN3/c1-17-15(18-10-2-3-12-4-5-12)19-11-13-6-8-14(16)9-7-13/h6-9,12H,2-5,10-11H2,1H3,(H2,17,18,19). The number of nitrogens with one attached hydrogen (secondary N) is 2. The van der Waals surface area contributed by atoms with Crippen molar-refractivity contribution in [1.29, 1.82) is 0 Å². The van der Waals surface area contributed by atoms with Crippen molar-refractivity contribution < 1.29 is 0 Å². The normalized spacial score (nSPS) is 15.4. The Bertz CT molecular complexity index is 410. The first-order valence-corrected chi connectivity index (χ1v) is 7.34. The van der Waals surface area contributed by atoms with Gasteiger partial charge in [-0.15, -0.1) is 0 Å². The molecule has 19 heavy (non-hydrogen) atoms. The average Bonchev–Trinajstić information content (AvgIpc) is 3.24. The van der Waals surface area contributed by atoms with Crippen molar-refractivity contribution in [2.75, 3.05) is 13.6 Å². The number of nitrogens with zero attached hydrogens (tertiary/aromatic N) is 1. The molecule has 0 unspecified atom stereocenters. The Hall–Kier alpha value is -1.22. The summed E-state index contributed by atoms with van der Waals surface area (Å²) in [6, 6.07) is 7.86. The zero-order valence-corrected chi connectivity index (χ0v) is 12.2. The first-order chi connectivity index (χ1) is 9.28. The number of benzene rings is 1. The van der Waals surface area contributed by atoms with E-state index in [1.165, 1.54) is 31.2 Å². The molecule has 0 amide bonds. The van der Waals surface area contributed by atoms with Gasteiger partial charge in [-0.25, -0.2) is 0 Å². The summed E-state index contributed by atoms with van der Waals surface area (Å²) in [5.41, 5.74) is 1.20. The van der Waals surface area contributed by atoms with Crippen molar-refractivity contribution in [3.05, 3.63) is 34.9 Å². The Labute approximate surface area is 120 Å². The Balaban J connectivity index is 1.65. The van der Waals surface area contributed by atoms with Crippen LogP contribution in [0.2, 0.25) is 5.02 Å². The molecule has 2 N–H and O–H groups in total. The molecule has 1 fully saturated rings. The molecule has 0 saturated heterocycles. The van der Waals surface area contributed by atoms with Crippen LogP contribution in [-0.4, -0.2) is 19.6 Å². The second kappa shape index (κ2) is 7.39. The SMILES string of the molecule is CN=C(NCCCC1CC1)NCc1ccc(Cl)cc1. The summed E-state index contributed by atoms with van der Waals surface area (Å²) >= 11 is 5.86. The van der Waals surface area contributed by atoms with Crippen molar-refractivity contribution in [1.82, 2.24) is 10.6 Å². The van der Waals surface area contributed by atoms with E-state index in [-0.39, 0.29) is 0 Å². The Morgan fingerprint density at radius 3 is 2.63 bits per heavy atom. The van der Waals surface area contributed by atoms with Crippen LogP contribution in [0.1, 0.15) is 31.2 Å². The molecular weight excluding hydrogens is 258 g/mol. The molecule has 1 aliphatic carbocycles. The van der Waals surface area contributed by atoms with Crippen LogP contribution in [-0.2, 0) is 6.54 Å². The number of guanidine groups is 1. The van der Waals surface area contributed by atoms with Crippen LogP contribution in [0, 0.1) is 5.92 Å². The predicted molar refractivity (Wildman–Crippen MR) is 81.6 cm³/mol. The van der Waals surface area contributed by atoms with Crippen molar-refractivity contribution in [2.24, 2.45) is 10.9 Å². The third kappa shape index (κ3) is 5.52. The first-order valence-electron chi connectivity index (χ1n) is 6.97. The number of hydrogen-bond acceptors (Lipinski definition) is 1. The summed E-state index contributed by atoms with van der Waals surface area (Å²) in [5, 5.41) is 7.42. The van der Waals surface area contributed by atoms with Gasteiger partial charge in [0.25, 0.3) is 0 Å². The highest BCUT2D eigenvalue weighted by atomic mass is 35.5. The van der Waals surface area contributed by atoms with E-state index >= 15 is 0 Å². The van der Waals surface area contributed by atoms with E-state index in [1.54, 1.807) is 7.05 Å². The van der Waals surface area contributed by atoms with E-state index in [0.29, 0.717) is 0 Å².